The number of phenols is 1. The van der Waals surface area contributed by atoms with Crippen LogP contribution in [0.25, 0.3) is 16.3 Å². The van der Waals surface area contributed by atoms with Crippen LogP contribution in [-0.4, -0.2) is 28.2 Å². The summed E-state index contributed by atoms with van der Waals surface area (Å²) < 4.78 is 10.3. The second-order valence-electron chi connectivity index (χ2n) is 7.14. The molecule has 2 heterocycles. The number of ether oxygens (including phenoxy) is 2. The van der Waals surface area contributed by atoms with Crippen LogP contribution in [0.3, 0.4) is 0 Å². The number of nitrogen functional groups attached to an aromatic ring is 1. The average Bonchev–Trinajstić information content (AvgIpc) is 2.93. The van der Waals surface area contributed by atoms with Gasteiger partial charge in [0.05, 0.1) is 12.5 Å². The van der Waals surface area contributed by atoms with E-state index in [1.807, 2.05) is 0 Å². The number of benzene rings is 1. The predicted octanol–water partition coefficient (Wildman–Crippen LogP) is 4.01. The van der Waals surface area contributed by atoms with Gasteiger partial charge in [-0.15, -0.1) is 11.3 Å². The molecule has 4 rings (SSSR count). The number of thiophene rings is 1. The maximum atomic E-state index is 12.1. The van der Waals surface area contributed by atoms with Gasteiger partial charge in [-0.25, -0.2) is 14.8 Å². The summed E-state index contributed by atoms with van der Waals surface area (Å²) >= 11 is 1.67. The molecule has 0 saturated heterocycles. The molecular formula is C22H23N3O4S. The fourth-order valence-corrected chi connectivity index (χ4v) is 4.91. The number of nitrogens with two attached hydrogens (primary N) is 1. The van der Waals surface area contributed by atoms with Gasteiger partial charge in [0.15, 0.2) is 23.9 Å². The lowest BCUT2D eigenvalue weighted by molar-refractivity contribution is -0.139. The molecule has 0 amide bonds. The van der Waals surface area contributed by atoms with Gasteiger partial charge in [-0.3, -0.25) is 0 Å². The lowest BCUT2D eigenvalue weighted by Gasteiger charge is -2.05. The second-order valence-corrected chi connectivity index (χ2v) is 8.23. The summed E-state index contributed by atoms with van der Waals surface area (Å²) in [7, 11) is 1.46. The lowest BCUT2D eigenvalue weighted by Crippen LogP contribution is -2.06. The van der Waals surface area contributed by atoms with Crippen LogP contribution in [0.4, 0.5) is 5.82 Å². The molecule has 8 heteroatoms. The minimum Gasteiger partial charge on any atom is -0.504 e. The highest BCUT2D eigenvalue weighted by atomic mass is 32.1. The van der Waals surface area contributed by atoms with Crippen molar-refractivity contribution in [3.05, 3.63) is 46.1 Å². The van der Waals surface area contributed by atoms with Gasteiger partial charge in [-0.1, -0.05) is 12.5 Å². The van der Waals surface area contributed by atoms with Crippen molar-refractivity contribution >= 4 is 39.4 Å². The Hall–Kier alpha value is -3.13. The molecule has 0 spiro atoms. The normalized spacial score (nSPS) is 13.9. The van der Waals surface area contributed by atoms with Gasteiger partial charge in [0, 0.05) is 11.0 Å². The maximum Gasteiger partial charge on any atom is 0.331 e. The molecule has 3 aromatic rings. The van der Waals surface area contributed by atoms with Gasteiger partial charge in [-0.2, -0.15) is 0 Å². The van der Waals surface area contributed by atoms with E-state index in [4.69, 9.17) is 15.2 Å². The highest BCUT2D eigenvalue weighted by Crippen LogP contribution is 2.37. The molecule has 0 radical (unpaired) electrons. The first-order valence-electron chi connectivity index (χ1n) is 9.83. The van der Waals surface area contributed by atoms with Crippen molar-refractivity contribution in [2.24, 2.45) is 0 Å². The summed E-state index contributed by atoms with van der Waals surface area (Å²) in [6, 6.07) is 4.79. The van der Waals surface area contributed by atoms with E-state index < -0.39 is 5.97 Å². The smallest absolute Gasteiger partial charge is 0.331 e. The summed E-state index contributed by atoms with van der Waals surface area (Å²) in [5, 5.41) is 10.6. The molecule has 0 unspecified atom stereocenters. The highest BCUT2D eigenvalue weighted by molar-refractivity contribution is 7.19. The number of methoxy groups -OCH3 is 1. The predicted molar refractivity (Wildman–Crippen MR) is 117 cm³/mol. The largest absolute Gasteiger partial charge is 0.504 e. The third kappa shape index (κ3) is 4.23. The highest BCUT2D eigenvalue weighted by Gasteiger charge is 2.19. The van der Waals surface area contributed by atoms with Gasteiger partial charge >= 0.3 is 5.97 Å². The molecule has 1 aliphatic rings. The Balaban J connectivity index is 1.45. The van der Waals surface area contributed by atoms with Crippen LogP contribution in [0.15, 0.2) is 24.3 Å². The number of nitrogens with zero attached hydrogens (tertiary/aromatic N) is 2. The molecule has 3 N–H and O–H groups in total. The van der Waals surface area contributed by atoms with Crippen molar-refractivity contribution in [2.75, 3.05) is 12.8 Å². The third-order valence-corrected chi connectivity index (χ3v) is 6.28. The van der Waals surface area contributed by atoms with E-state index in [2.05, 4.69) is 9.97 Å². The number of carbonyl (C=O) groups excluding carboxylic acids is 1. The molecule has 0 aliphatic heterocycles. The topological polar surface area (TPSA) is 108 Å². The zero-order chi connectivity index (χ0) is 21.1. The zero-order valence-electron chi connectivity index (χ0n) is 16.7. The summed E-state index contributed by atoms with van der Waals surface area (Å²) in [6.45, 7) is -0.0508. The van der Waals surface area contributed by atoms with E-state index in [-0.39, 0.29) is 12.4 Å². The number of fused-ring (bicyclic) bond motifs is 3. The molecular weight excluding hydrogens is 402 g/mol. The number of hydrogen-bond acceptors (Lipinski definition) is 8. The van der Waals surface area contributed by atoms with Crippen molar-refractivity contribution in [3.63, 3.8) is 0 Å². The van der Waals surface area contributed by atoms with Crippen molar-refractivity contribution in [3.8, 4) is 11.5 Å². The van der Waals surface area contributed by atoms with E-state index in [0.29, 0.717) is 23.0 Å². The quantitative estimate of drug-likeness (QED) is 0.361. The Morgan fingerprint density at radius 2 is 2.10 bits per heavy atom. The van der Waals surface area contributed by atoms with Gasteiger partial charge in [0.1, 0.15) is 10.6 Å². The molecule has 0 saturated carbocycles. The van der Waals surface area contributed by atoms with Crippen molar-refractivity contribution < 1.29 is 19.4 Å². The van der Waals surface area contributed by atoms with Gasteiger partial charge in [0.2, 0.25) is 0 Å². The van der Waals surface area contributed by atoms with Crippen LogP contribution in [0.5, 0.6) is 11.5 Å². The monoisotopic (exact) mass is 425 g/mol. The van der Waals surface area contributed by atoms with Crippen LogP contribution in [0.1, 0.15) is 41.1 Å². The molecule has 0 fully saturated rings. The molecule has 156 valence electrons. The Labute approximate surface area is 178 Å². The van der Waals surface area contributed by atoms with E-state index in [1.54, 1.807) is 29.5 Å². The minimum absolute atomic E-state index is 0.0354. The third-order valence-electron chi connectivity index (χ3n) is 5.10. The Morgan fingerprint density at radius 1 is 1.27 bits per heavy atom. The molecule has 30 heavy (non-hydrogen) atoms. The number of hydrogen-bond donors (Lipinski definition) is 2. The molecule has 0 atom stereocenters. The fraction of sp³-hybridized carbons (Fsp3) is 0.318. The molecule has 0 bridgehead atoms. The number of anilines is 1. The van der Waals surface area contributed by atoms with E-state index in [0.717, 1.165) is 29.5 Å². The Morgan fingerprint density at radius 3 is 2.93 bits per heavy atom. The number of aromatic nitrogens is 2. The second kappa shape index (κ2) is 8.71. The standard InChI is InChI=1S/C22H23N3O4S/c1-28-16-11-13(7-9-15(16)26)8-10-19(27)29-12-18-24-21(23)20-14-5-3-2-4-6-17(14)30-22(20)25-18/h7-11,26H,2-6,12H2,1H3,(H2,23,24,25)/b10-8+. The SMILES string of the molecule is COc1cc(/C=C/C(=O)OCc2nc(N)c3c4c(sc3n2)CCCCC4)ccc1O. The van der Waals surface area contributed by atoms with Crippen LogP contribution < -0.4 is 10.5 Å². The number of aryl methyl sites for hydroxylation is 2. The average molecular weight is 426 g/mol. The number of carbonyl (C=O) groups is 1. The molecule has 1 aliphatic carbocycles. The van der Waals surface area contributed by atoms with Crippen molar-refractivity contribution in [1.29, 1.82) is 0 Å². The van der Waals surface area contributed by atoms with Crippen molar-refractivity contribution in [2.45, 2.75) is 38.7 Å². The van der Waals surface area contributed by atoms with Gasteiger partial charge < -0.3 is 20.3 Å². The number of aromatic hydroxyl groups is 1. The van der Waals surface area contributed by atoms with E-state index in [1.165, 1.54) is 42.5 Å². The van der Waals surface area contributed by atoms with E-state index >= 15 is 0 Å². The molecule has 2 aromatic heterocycles. The van der Waals surface area contributed by atoms with Gasteiger partial charge in [0.25, 0.3) is 0 Å². The fourth-order valence-electron chi connectivity index (χ4n) is 3.62. The Kier molecular flexibility index (Phi) is 5.85. The maximum absolute atomic E-state index is 12.1. The summed E-state index contributed by atoms with van der Waals surface area (Å²) in [5.41, 5.74) is 8.22. The summed E-state index contributed by atoms with van der Waals surface area (Å²) in [4.78, 5) is 23.2. The first-order chi connectivity index (χ1) is 14.5. The van der Waals surface area contributed by atoms with Crippen LogP contribution >= 0.6 is 11.3 Å². The lowest BCUT2D eigenvalue weighted by atomic mass is 10.1. The van der Waals surface area contributed by atoms with Gasteiger partial charge in [-0.05, 0) is 55.0 Å². The summed E-state index contributed by atoms with van der Waals surface area (Å²) in [6.07, 6.45) is 8.56. The first-order valence-corrected chi connectivity index (χ1v) is 10.7. The zero-order valence-corrected chi connectivity index (χ0v) is 17.5. The number of rotatable bonds is 5. The molecule has 1 aromatic carbocycles. The van der Waals surface area contributed by atoms with E-state index in [9.17, 15) is 9.90 Å². The Bertz CT molecular complexity index is 1120. The van der Waals surface area contributed by atoms with Crippen LogP contribution in [0, 0.1) is 0 Å². The van der Waals surface area contributed by atoms with Crippen LogP contribution in [0.2, 0.25) is 0 Å². The summed E-state index contributed by atoms with van der Waals surface area (Å²) in [5.74, 6) is 0.693. The van der Waals surface area contributed by atoms with Crippen molar-refractivity contribution in [1.82, 2.24) is 9.97 Å². The number of phenolic OH excluding ortho intramolecular Hbond substituents is 1. The van der Waals surface area contributed by atoms with Crippen LogP contribution in [-0.2, 0) is 29.0 Å². The number of esters is 1. The first kappa shape index (κ1) is 20.2. The molecule has 7 nitrogen and oxygen atoms in total. The minimum atomic E-state index is -0.522.